The van der Waals surface area contributed by atoms with Gasteiger partial charge in [0.25, 0.3) is 5.56 Å². The van der Waals surface area contributed by atoms with Crippen LogP contribution in [0.3, 0.4) is 0 Å². The number of methoxy groups -OCH3 is 1. The highest BCUT2D eigenvalue weighted by atomic mass is 19.1. The van der Waals surface area contributed by atoms with E-state index < -0.39 is 41.5 Å². The molecule has 0 radical (unpaired) electrons. The predicted molar refractivity (Wildman–Crippen MR) is 60.9 cm³/mol. The average molecular weight is 273 g/mol. The fraction of sp³-hybridized carbons (Fsp3) is 0.400. The molecule has 2 N–H and O–H groups in total. The largest absolute Gasteiger partial charge is 0.467 e. The number of ether oxygens (including phenoxy) is 1. The molecule has 0 unspecified atom stereocenters. The summed E-state index contributed by atoms with van der Waals surface area (Å²) in [5, 5.41) is 2.25. The van der Waals surface area contributed by atoms with E-state index in [1.807, 2.05) is 0 Å². The molecule has 1 atom stereocenters. The van der Waals surface area contributed by atoms with Gasteiger partial charge in [-0.2, -0.15) is 4.39 Å². The zero-order valence-electron chi connectivity index (χ0n) is 10.2. The zero-order valence-corrected chi connectivity index (χ0v) is 10.2. The summed E-state index contributed by atoms with van der Waals surface area (Å²) in [6, 6.07) is -0.902. The number of H-pyrrole nitrogens is 1. The van der Waals surface area contributed by atoms with E-state index >= 15 is 0 Å². The summed E-state index contributed by atoms with van der Waals surface area (Å²) < 4.78 is 18.0. The van der Waals surface area contributed by atoms with E-state index in [0.29, 0.717) is 10.8 Å². The molecule has 19 heavy (non-hydrogen) atoms. The van der Waals surface area contributed by atoms with Gasteiger partial charge in [0, 0.05) is 0 Å². The van der Waals surface area contributed by atoms with Gasteiger partial charge in [0.15, 0.2) is 0 Å². The van der Waals surface area contributed by atoms with Crippen LogP contribution in [0.4, 0.5) is 4.39 Å². The monoisotopic (exact) mass is 273 g/mol. The lowest BCUT2D eigenvalue weighted by Gasteiger charge is -2.12. The SMILES string of the molecule is COC(=O)[C@@H](C)NC(=O)Cn1cc(F)c(=O)[nH]c1=O. The number of aromatic nitrogens is 2. The van der Waals surface area contributed by atoms with Gasteiger partial charge < -0.3 is 10.1 Å². The van der Waals surface area contributed by atoms with Crippen molar-refractivity contribution in [1.82, 2.24) is 14.9 Å². The maximum Gasteiger partial charge on any atom is 0.328 e. The standard InChI is InChI=1S/C10H12FN3O5/c1-5(9(17)19-2)12-7(15)4-14-3-6(11)8(16)13-10(14)18/h3,5H,4H2,1-2H3,(H,12,15)(H,13,16,18)/t5-/m1/s1. The van der Waals surface area contributed by atoms with Gasteiger partial charge in [-0.25, -0.2) is 9.59 Å². The third-order valence-corrected chi connectivity index (χ3v) is 2.21. The first-order valence-electron chi connectivity index (χ1n) is 5.21. The summed E-state index contributed by atoms with van der Waals surface area (Å²) in [5.74, 6) is -2.55. The van der Waals surface area contributed by atoms with Gasteiger partial charge in [-0.15, -0.1) is 0 Å². The van der Waals surface area contributed by atoms with Crippen molar-refractivity contribution < 1.29 is 18.7 Å². The Bertz CT molecular complexity index is 606. The molecule has 8 nitrogen and oxygen atoms in total. The average Bonchev–Trinajstić information content (AvgIpc) is 2.34. The van der Waals surface area contributed by atoms with Crippen LogP contribution in [-0.4, -0.2) is 34.6 Å². The molecule has 0 spiro atoms. The Morgan fingerprint density at radius 2 is 2.16 bits per heavy atom. The van der Waals surface area contributed by atoms with E-state index in [4.69, 9.17) is 0 Å². The molecule has 0 fully saturated rings. The van der Waals surface area contributed by atoms with Crippen molar-refractivity contribution >= 4 is 11.9 Å². The minimum Gasteiger partial charge on any atom is -0.467 e. The second-order valence-electron chi connectivity index (χ2n) is 3.68. The molecular weight excluding hydrogens is 261 g/mol. The first kappa shape index (κ1) is 14.6. The molecule has 1 heterocycles. The first-order chi connectivity index (χ1) is 8.85. The van der Waals surface area contributed by atoms with Crippen LogP contribution in [0.2, 0.25) is 0 Å². The second kappa shape index (κ2) is 5.94. The molecule has 104 valence electrons. The highest BCUT2D eigenvalue weighted by Crippen LogP contribution is 1.88. The lowest BCUT2D eigenvalue weighted by Crippen LogP contribution is -2.43. The van der Waals surface area contributed by atoms with Crippen molar-refractivity contribution in [3.63, 3.8) is 0 Å². The maximum absolute atomic E-state index is 12.9. The molecular formula is C10H12FN3O5. The lowest BCUT2D eigenvalue weighted by molar-refractivity contribution is -0.144. The van der Waals surface area contributed by atoms with Gasteiger partial charge in [-0.3, -0.25) is 19.1 Å². The van der Waals surface area contributed by atoms with E-state index in [0.717, 1.165) is 7.11 Å². The molecule has 0 bridgehead atoms. The number of esters is 1. The van der Waals surface area contributed by atoms with Crippen molar-refractivity contribution in [2.45, 2.75) is 19.5 Å². The highest BCUT2D eigenvalue weighted by molar-refractivity contribution is 5.83. The highest BCUT2D eigenvalue weighted by Gasteiger charge is 2.16. The second-order valence-corrected chi connectivity index (χ2v) is 3.68. The molecule has 0 saturated heterocycles. The minimum absolute atomic E-state index is 0.534. The van der Waals surface area contributed by atoms with Crippen molar-refractivity contribution in [2.75, 3.05) is 7.11 Å². The summed E-state index contributed by atoms with van der Waals surface area (Å²) in [7, 11) is 1.16. The molecule has 0 saturated carbocycles. The molecule has 1 aromatic rings. The number of hydrogen-bond donors (Lipinski definition) is 2. The predicted octanol–water partition coefficient (Wildman–Crippen LogP) is -1.65. The summed E-state index contributed by atoms with van der Waals surface area (Å²) >= 11 is 0. The third-order valence-electron chi connectivity index (χ3n) is 2.21. The molecule has 0 aliphatic heterocycles. The van der Waals surface area contributed by atoms with Crippen LogP contribution in [0.15, 0.2) is 15.8 Å². The Morgan fingerprint density at radius 3 is 2.74 bits per heavy atom. The molecule has 1 aromatic heterocycles. The number of aromatic amines is 1. The Balaban J connectivity index is 2.78. The van der Waals surface area contributed by atoms with Crippen LogP contribution in [0, 0.1) is 5.82 Å². The number of nitrogens with one attached hydrogen (secondary N) is 2. The Kier molecular flexibility index (Phi) is 4.56. The van der Waals surface area contributed by atoms with Crippen molar-refractivity contribution in [3.8, 4) is 0 Å². The zero-order chi connectivity index (χ0) is 14.6. The van der Waals surface area contributed by atoms with E-state index in [-0.39, 0.29) is 0 Å². The molecule has 0 aliphatic rings. The third kappa shape index (κ3) is 3.76. The van der Waals surface area contributed by atoms with Crippen molar-refractivity contribution in [1.29, 1.82) is 0 Å². The number of halogens is 1. The quantitative estimate of drug-likeness (QED) is 0.639. The molecule has 9 heteroatoms. The number of nitrogens with zero attached hydrogens (tertiary/aromatic N) is 1. The molecule has 0 aliphatic carbocycles. The van der Waals surface area contributed by atoms with Crippen molar-refractivity contribution in [3.05, 3.63) is 32.9 Å². The maximum atomic E-state index is 12.9. The summed E-state index contributed by atoms with van der Waals surface area (Å²) in [4.78, 5) is 46.3. The number of hydrogen-bond acceptors (Lipinski definition) is 5. The fourth-order valence-corrected chi connectivity index (χ4v) is 1.28. The molecule has 1 amide bonds. The Labute approximate surface area is 106 Å². The molecule has 1 rings (SSSR count). The van der Waals surface area contributed by atoms with Crippen molar-refractivity contribution in [2.24, 2.45) is 0 Å². The van der Waals surface area contributed by atoms with Gasteiger partial charge in [-0.1, -0.05) is 0 Å². The summed E-state index contributed by atoms with van der Waals surface area (Å²) in [5.41, 5.74) is -2.09. The van der Waals surface area contributed by atoms with Crippen LogP contribution in [0.25, 0.3) is 0 Å². The van der Waals surface area contributed by atoms with E-state index in [1.165, 1.54) is 6.92 Å². The Hall–Kier alpha value is -2.45. The van der Waals surface area contributed by atoms with Gasteiger partial charge in [-0.05, 0) is 6.92 Å². The fourth-order valence-electron chi connectivity index (χ4n) is 1.28. The summed E-state index contributed by atoms with van der Waals surface area (Å²) in [6.07, 6.45) is 0.615. The first-order valence-corrected chi connectivity index (χ1v) is 5.21. The van der Waals surface area contributed by atoms with E-state index in [1.54, 1.807) is 4.98 Å². The van der Waals surface area contributed by atoms with Crippen LogP contribution < -0.4 is 16.6 Å². The number of amides is 1. The number of carbonyl (C=O) groups is 2. The van der Waals surface area contributed by atoms with Crippen LogP contribution in [0.1, 0.15) is 6.92 Å². The summed E-state index contributed by atoms with van der Waals surface area (Å²) in [6.45, 7) is 0.855. The van der Waals surface area contributed by atoms with Gasteiger partial charge in [0.2, 0.25) is 11.7 Å². The molecule has 0 aromatic carbocycles. The van der Waals surface area contributed by atoms with E-state index in [9.17, 15) is 23.6 Å². The number of carbonyl (C=O) groups excluding carboxylic acids is 2. The van der Waals surface area contributed by atoms with Gasteiger partial charge in [0.05, 0.1) is 13.3 Å². The van der Waals surface area contributed by atoms with Gasteiger partial charge in [0.1, 0.15) is 12.6 Å². The van der Waals surface area contributed by atoms with Crippen LogP contribution in [0.5, 0.6) is 0 Å². The normalized spacial score (nSPS) is 11.7. The number of rotatable bonds is 4. The minimum atomic E-state index is -1.19. The van der Waals surface area contributed by atoms with Crippen LogP contribution in [-0.2, 0) is 20.9 Å². The lowest BCUT2D eigenvalue weighted by atomic mass is 10.3. The van der Waals surface area contributed by atoms with Crippen LogP contribution >= 0.6 is 0 Å². The van der Waals surface area contributed by atoms with Gasteiger partial charge >= 0.3 is 11.7 Å². The Morgan fingerprint density at radius 1 is 1.53 bits per heavy atom. The van der Waals surface area contributed by atoms with E-state index in [2.05, 4.69) is 10.1 Å². The smallest absolute Gasteiger partial charge is 0.328 e. The topological polar surface area (TPSA) is 110 Å².